The number of fused-ring (bicyclic) bond motifs is 1. The fraction of sp³-hybridized carbons (Fsp3) is 0.364. The summed E-state index contributed by atoms with van der Waals surface area (Å²) in [7, 11) is 3.77. The second-order valence-corrected chi connectivity index (χ2v) is 7.52. The first-order chi connectivity index (χ1) is 13.6. The predicted octanol–water partition coefficient (Wildman–Crippen LogP) is 3.67. The first-order valence-corrected chi connectivity index (χ1v) is 9.95. The maximum Gasteiger partial charge on any atom is 0.223 e. The Hall–Kier alpha value is -2.53. The third kappa shape index (κ3) is 5.26. The van der Waals surface area contributed by atoms with E-state index in [1.165, 1.54) is 16.7 Å². The van der Waals surface area contributed by atoms with E-state index in [-0.39, 0.29) is 5.91 Å². The summed E-state index contributed by atoms with van der Waals surface area (Å²) in [6.45, 7) is 2.91. The molecule has 6 heteroatoms. The van der Waals surface area contributed by atoms with Gasteiger partial charge in [0.2, 0.25) is 5.91 Å². The van der Waals surface area contributed by atoms with Gasteiger partial charge in [0.1, 0.15) is 0 Å². The van der Waals surface area contributed by atoms with E-state index < -0.39 is 0 Å². The van der Waals surface area contributed by atoms with Crippen molar-refractivity contribution in [1.29, 1.82) is 0 Å². The molecule has 0 saturated carbocycles. The molecule has 0 radical (unpaired) electrons. The molecule has 0 aliphatic carbocycles. The van der Waals surface area contributed by atoms with Gasteiger partial charge < -0.3 is 15.1 Å². The molecule has 0 spiro atoms. The SMILES string of the molecule is CN=C(NCCCC(=O)N1Cc2ccccc2C1)N(C)Cc1ccc(Cl)cc1. The van der Waals surface area contributed by atoms with Crippen LogP contribution in [-0.4, -0.2) is 42.3 Å². The summed E-state index contributed by atoms with van der Waals surface area (Å²) in [6, 6.07) is 16.1. The van der Waals surface area contributed by atoms with Crippen LogP contribution in [0.3, 0.4) is 0 Å². The molecule has 2 aromatic carbocycles. The molecule has 0 unspecified atom stereocenters. The van der Waals surface area contributed by atoms with Gasteiger partial charge in [0.05, 0.1) is 0 Å². The normalized spacial score (nSPS) is 13.4. The smallest absolute Gasteiger partial charge is 0.223 e. The number of aliphatic imine (C=N–C) groups is 1. The zero-order chi connectivity index (χ0) is 19.9. The van der Waals surface area contributed by atoms with Crippen LogP contribution in [0.4, 0.5) is 0 Å². The molecule has 0 saturated heterocycles. The quantitative estimate of drug-likeness (QED) is 0.459. The van der Waals surface area contributed by atoms with Gasteiger partial charge in [-0.05, 0) is 35.2 Å². The van der Waals surface area contributed by atoms with Crippen LogP contribution in [0.25, 0.3) is 0 Å². The average Bonchev–Trinajstić information content (AvgIpc) is 3.14. The molecule has 1 heterocycles. The maximum absolute atomic E-state index is 12.5. The van der Waals surface area contributed by atoms with Crippen LogP contribution in [0.5, 0.6) is 0 Å². The van der Waals surface area contributed by atoms with Crippen molar-refractivity contribution in [2.45, 2.75) is 32.5 Å². The van der Waals surface area contributed by atoms with Gasteiger partial charge in [-0.2, -0.15) is 0 Å². The summed E-state index contributed by atoms with van der Waals surface area (Å²) in [6.07, 6.45) is 1.32. The molecule has 2 aromatic rings. The summed E-state index contributed by atoms with van der Waals surface area (Å²) in [4.78, 5) is 20.8. The lowest BCUT2D eigenvalue weighted by atomic mass is 10.1. The van der Waals surface area contributed by atoms with Crippen molar-refractivity contribution in [2.75, 3.05) is 20.6 Å². The number of nitrogens with one attached hydrogen (secondary N) is 1. The van der Waals surface area contributed by atoms with Crippen molar-refractivity contribution in [3.8, 4) is 0 Å². The lowest BCUT2D eigenvalue weighted by Crippen LogP contribution is -2.39. The van der Waals surface area contributed by atoms with Gasteiger partial charge in [0.15, 0.2) is 5.96 Å². The molecule has 1 aliphatic rings. The number of amides is 1. The van der Waals surface area contributed by atoms with E-state index in [1.54, 1.807) is 7.05 Å². The lowest BCUT2D eigenvalue weighted by molar-refractivity contribution is -0.131. The summed E-state index contributed by atoms with van der Waals surface area (Å²) >= 11 is 5.94. The monoisotopic (exact) mass is 398 g/mol. The average molecular weight is 399 g/mol. The van der Waals surface area contributed by atoms with Crippen molar-refractivity contribution in [3.05, 3.63) is 70.2 Å². The number of halogens is 1. The zero-order valence-corrected chi connectivity index (χ0v) is 17.2. The third-order valence-corrected chi connectivity index (χ3v) is 5.20. The number of benzene rings is 2. The minimum absolute atomic E-state index is 0.211. The van der Waals surface area contributed by atoms with E-state index in [0.717, 1.165) is 37.0 Å². The second kappa shape index (κ2) is 9.60. The van der Waals surface area contributed by atoms with Crippen molar-refractivity contribution in [2.24, 2.45) is 4.99 Å². The fourth-order valence-corrected chi connectivity index (χ4v) is 3.56. The highest BCUT2D eigenvalue weighted by Crippen LogP contribution is 2.22. The van der Waals surface area contributed by atoms with Crippen LogP contribution in [-0.2, 0) is 24.4 Å². The number of guanidine groups is 1. The van der Waals surface area contributed by atoms with Gasteiger partial charge in [0.25, 0.3) is 0 Å². The van der Waals surface area contributed by atoms with Crippen LogP contribution in [0, 0.1) is 0 Å². The number of hydrogen-bond acceptors (Lipinski definition) is 2. The largest absolute Gasteiger partial charge is 0.356 e. The Morgan fingerprint density at radius 2 is 1.79 bits per heavy atom. The molecule has 1 N–H and O–H groups in total. The summed E-state index contributed by atoms with van der Waals surface area (Å²) in [5.41, 5.74) is 3.69. The Labute approximate surface area is 172 Å². The highest BCUT2D eigenvalue weighted by Gasteiger charge is 2.22. The van der Waals surface area contributed by atoms with Crippen LogP contribution in [0.2, 0.25) is 5.02 Å². The van der Waals surface area contributed by atoms with Gasteiger partial charge in [0, 0.05) is 51.7 Å². The predicted molar refractivity (Wildman–Crippen MR) is 114 cm³/mol. The molecule has 5 nitrogen and oxygen atoms in total. The van der Waals surface area contributed by atoms with Crippen molar-refractivity contribution >= 4 is 23.5 Å². The number of rotatable bonds is 6. The lowest BCUT2D eigenvalue weighted by Gasteiger charge is -2.22. The van der Waals surface area contributed by atoms with Gasteiger partial charge in [-0.15, -0.1) is 0 Å². The maximum atomic E-state index is 12.5. The Morgan fingerprint density at radius 3 is 2.39 bits per heavy atom. The molecule has 3 rings (SSSR count). The van der Waals surface area contributed by atoms with Crippen LogP contribution < -0.4 is 5.32 Å². The molecular formula is C22H27ClN4O. The molecule has 1 aliphatic heterocycles. The first-order valence-electron chi connectivity index (χ1n) is 9.57. The Bertz CT molecular complexity index is 810. The van der Waals surface area contributed by atoms with Crippen LogP contribution in [0.1, 0.15) is 29.5 Å². The van der Waals surface area contributed by atoms with Crippen molar-refractivity contribution in [1.82, 2.24) is 15.1 Å². The Morgan fingerprint density at radius 1 is 1.14 bits per heavy atom. The Kier molecular flexibility index (Phi) is 6.93. The highest BCUT2D eigenvalue weighted by atomic mass is 35.5. The number of nitrogens with zero attached hydrogens (tertiary/aromatic N) is 3. The minimum Gasteiger partial charge on any atom is -0.356 e. The summed E-state index contributed by atoms with van der Waals surface area (Å²) in [5, 5.41) is 4.08. The fourth-order valence-electron chi connectivity index (χ4n) is 3.43. The van der Waals surface area contributed by atoms with Gasteiger partial charge in [-0.1, -0.05) is 48.0 Å². The van der Waals surface area contributed by atoms with E-state index in [4.69, 9.17) is 11.6 Å². The molecule has 0 aromatic heterocycles. The summed E-state index contributed by atoms with van der Waals surface area (Å²) in [5.74, 6) is 1.03. The molecule has 1 amide bonds. The highest BCUT2D eigenvalue weighted by molar-refractivity contribution is 6.30. The molecule has 0 fully saturated rings. The third-order valence-electron chi connectivity index (χ3n) is 4.95. The zero-order valence-electron chi connectivity index (χ0n) is 16.5. The van der Waals surface area contributed by atoms with E-state index in [0.29, 0.717) is 13.0 Å². The van der Waals surface area contributed by atoms with Crippen LogP contribution in [0.15, 0.2) is 53.5 Å². The van der Waals surface area contributed by atoms with Crippen LogP contribution >= 0.6 is 11.6 Å². The molecule has 28 heavy (non-hydrogen) atoms. The second-order valence-electron chi connectivity index (χ2n) is 7.08. The molecule has 0 atom stereocenters. The molecule has 0 bridgehead atoms. The van der Waals surface area contributed by atoms with Gasteiger partial charge in [-0.25, -0.2) is 0 Å². The minimum atomic E-state index is 0.211. The standard InChI is InChI=1S/C22H27ClN4O/c1-24-22(26(2)14-17-9-11-20(23)12-10-17)25-13-5-8-21(28)27-15-18-6-3-4-7-19(18)16-27/h3-4,6-7,9-12H,5,8,13-16H2,1-2H3,(H,24,25). The van der Waals surface area contributed by atoms with Gasteiger partial charge >= 0.3 is 0 Å². The van der Waals surface area contributed by atoms with Gasteiger partial charge in [-0.3, -0.25) is 9.79 Å². The Balaban J connectivity index is 1.40. The molecular weight excluding hydrogens is 372 g/mol. The van der Waals surface area contributed by atoms with E-state index in [1.807, 2.05) is 48.3 Å². The van der Waals surface area contributed by atoms with Crippen molar-refractivity contribution in [3.63, 3.8) is 0 Å². The molecule has 148 valence electrons. The van der Waals surface area contributed by atoms with E-state index in [9.17, 15) is 4.79 Å². The van der Waals surface area contributed by atoms with E-state index in [2.05, 4.69) is 27.3 Å². The topological polar surface area (TPSA) is 47.9 Å². The van der Waals surface area contributed by atoms with Crippen molar-refractivity contribution < 1.29 is 4.79 Å². The number of hydrogen-bond donors (Lipinski definition) is 1. The number of carbonyl (C=O) groups excluding carboxylic acids is 1. The first kappa shape index (κ1) is 20.2. The number of carbonyl (C=O) groups is 1. The van der Waals surface area contributed by atoms with E-state index >= 15 is 0 Å². The summed E-state index contributed by atoms with van der Waals surface area (Å²) < 4.78 is 0.